The van der Waals surface area contributed by atoms with E-state index in [2.05, 4.69) is 22.2 Å². The van der Waals surface area contributed by atoms with E-state index in [4.69, 9.17) is 19.2 Å². The minimum Gasteiger partial charge on any atom is -0.497 e. The van der Waals surface area contributed by atoms with Crippen LogP contribution in [0, 0.1) is 0 Å². The molecule has 166 valence electrons. The Morgan fingerprint density at radius 3 is 2.90 bits per heavy atom. The van der Waals surface area contributed by atoms with Crippen molar-refractivity contribution in [2.24, 2.45) is 12.0 Å². The molecule has 1 fully saturated rings. The zero-order valence-electron chi connectivity index (χ0n) is 18.1. The molecule has 0 aliphatic carbocycles. The largest absolute Gasteiger partial charge is 0.497 e. The van der Waals surface area contributed by atoms with Crippen LogP contribution in [0.1, 0.15) is 25.5 Å². The molecule has 1 aromatic carbocycles. The maximum atomic E-state index is 6.00. The molecule has 3 rings (SSSR count). The lowest BCUT2D eigenvalue weighted by Gasteiger charge is -2.35. The average Bonchev–Trinajstić information content (AvgIpc) is 3.17. The Hall–Kier alpha value is -2.01. The molecule has 9 heteroatoms. The van der Waals surface area contributed by atoms with Crippen LogP contribution in [0.3, 0.4) is 0 Å². The molecule has 1 saturated heterocycles. The molecule has 0 radical (unpaired) electrons. The fourth-order valence-corrected chi connectivity index (χ4v) is 3.23. The van der Waals surface area contributed by atoms with Crippen molar-refractivity contribution in [1.29, 1.82) is 0 Å². The standard InChI is InChI=1S/C21H31N5O3.HI/c1-5-22-21(23-12-16(2)29-19-8-6-7-18(11-19)27-4)26-9-10-28-20(15-26)17-13-24-25(3)14-17;/h6-8,11,13-14,16,20H,5,9-10,12,15H2,1-4H3,(H,22,23);1H. The predicted molar refractivity (Wildman–Crippen MR) is 128 cm³/mol. The summed E-state index contributed by atoms with van der Waals surface area (Å²) < 4.78 is 19.0. The third-order valence-corrected chi connectivity index (χ3v) is 4.67. The van der Waals surface area contributed by atoms with Crippen molar-refractivity contribution in [3.05, 3.63) is 42.2 Å². The normalized spacial score (nSPS) is 17.8. The van der Waals surface area contributed by atoms with Crippen molar-refractivity contribution in [1.82, 2.24) is 20.0 Å². The predicted octanol–water partition coefficient (Wildman–Crippen LogP) is 2.85. The maximum Gasteiger partial charge on any atom is 0.194 e. The van der Waals surface area contributed by atoms with E-state index >= 15 is 0 Å². The van der Waals surface area contributed by atoms with Gasteiger partial charge in [0.15, 0.2) is 5.96 Å². The van der Waals surface area contributed by atoms with Crippen LogP contribution in [0.15, 0.2) is 41.7 Å². The summed E-state index contributed by atoms with van der Waals surface area (Å²) in [6, 6.07) is 7.62. The highest BCUT2D eigenvalue weighted by atomic mass is 127. The number of hydrogen-bond donors (Lipinski definition) is 1. The van der Waals surface area contributed by atoms with Crippen LogP contribution in [0.25, 0.3) is 0 Å². The SMILES string of the molecule is CCNC(=NCC(C)Oc1cccc(OC)c1)N1CCOC(c2cnn(C)c2)C1.I. The van der Waals surface area contributed by atoms with Crippen molar-refractivity contribution in [3.8, 4) is 11.5 Å². The Kier molecular flexibility index (Phi) is 9.70. The van der Waals surface area contributed by atoms with E-state index in [9.17, 15) is 0 Å². The van der Waals surface area contributed by atoms with Gasteiger partial charge in [0, 0.05) is 38.0 Å². The molecule has 30 heavy (non-hydrogen) atoms. The first-order chi connectivity index (χ1) is 14.1. The number of ether oxygens (including phenoxy) is 3. The number of nitrogens with one attached hydrogen (secondary N) is 1. The quantitative estimate of drug-likeness (QED) is 0.338. The topological polar surface area (TPSA) is 73.1 Å². The van der Waals surface area contributed by atoms with Crippen molar-refractivity contribution >= 4 is 29.9 Å². The van der Waals surface area contributed by atoms with Crippen LogP contribution in [0.2, 0.25) is 0 Å². The van der Waals surface area contributed by atoms with Crippen molar-refractivity contribution < 1.29 is 14.2 Å². The molecule has 1 N–H and O–H groups in total. The molecule has 1 aliphatic rings. The number of rotatable bonds is 7. The molecule has 0 spiro atoms. The van der Waals surface area contributed by atoms with Gasteiger partial charge >= 0.3 is 0 Å². The number of morpholine rings is 1. The highest BCUT2D eigenvalue weighted by molar-refractivity contribution is 14.0. The lowest BCUT2D eigenvalue weighted by molar-refractivity contribution is -0.00808. The van der Waals surface area contributed by atoms with Crippen molar-refractivity contribution in [2.45, 2.75) is 26.1 Å². The van der Waals surface area contributed by atoms with Crippen molar-refractivity contribution in [2.75, 3.05) is 39.9 Å². The summed E-state index contributed by atoms with van der Waals surface area (Å²) in [6.07, 6.45) is 3.79. The molecule has 1 aromatic heterocycles. The minimum absolute atomic E-state index is 0. The van der Waals surface area contributed by atoms with Crippen LogP contribution in [-0.4, -0.2) is 66.6 Å². The smallest absolute Gasteiger partial charge is 0.194 e. The summed E-state index contributed by atoms with van der Waals surface area (Å²) in [5, 5.41) is 7.65. The summed E-state index contributed by atoms with van der Waals surface area (Å²) in [5.74, 6) is 2.44. The second-order valence-corrected chi connectivity index (χ2v) is 7.05. The Morgan fingerprint density at radius 2 is 2.20 bits per heavy atom. The van der Waals surface area contributed by atoms with E-state index in [1.54, 1.807) is 11.8 Å². The van der Waals surface area contributed by atoms with Crippen LogP contribution < -0.4 is 14.8 Å². The monoisotopic (exact) mass is 529 g/mol. The minimum atomic E-state index is -0.0640. The number of aryl methyl sites for hydroxylation is 1. The lowest BCUT2D eigenvalue weighted by Crippen LogP contribution is -2.48. The lowest BCUT2D eigenvalue weighted by atomic mass is 10.1. The first kappa shape index (κ1) is 24.3. The molecule has 8 nitrogen and oxygen atoms in total. The summed E-state index contributed by atoms with van der Waals surface area (Å²) in [5.41, 5.74) is 1.09. The fourth-order valence-electron chi connectivity index (χ4n) is 3.23. The number of methoxy groups -OCH3 is 1. The van der Waals surface area contributed by atoms with Gasteiger partial charge in [-0.05, 0) is 26.0 Å². The highest BCUT2D eigenvalue weighted by Crippen LogP contribution is 2.22. The molecule has 0 amide bonds. The van der Waals surface area contributed by atoms with Gasteiger partial charge < -0.3 is 24.4 Å². The summed E-state index contributed by atoms with van der Waals surface area (Å²) >= 11 is 0. The Morgan fingerprint density at radius 1 is 1.40 bits per heavy atom. The summed E-state index contributed by atoms with van der Waals surface area (Å²) in [4.78, 5) is 7.05. The molecule has 0 bridgehead atoms. The summed E-state index contributed by atoms with van der Waals surface area (Å²) in [6.45, 7) is 7.64. The number of hydrogen-bond acceptors (Lipinski definition) is 5. The third-order valence-electron chi connectivity index (χ3n) is 4.67. The summed E-state index contributed by atoms with van der Waals surface area (Å²) in [7, 11) is 3.57. The third kappa shape index (κ3) is 6.76. The fraction of sp³-hybridized carbons (Fsp3) is 0.524. The van der Waals surface area contributed by atoms with E-state index in [0.717, 1.165) is 42.7 Å². The van der Waals surface area contributed by atoms with E-state index in [0.29, 0.717) is 13.2 Å². The van der Waals surface area contributed by atoms with Gasteiger partial charge in [0.25, 0.3) is 0 Å². The first-order valence-electron chi connectivity index (χ1n) is 10.0. The second kappa shape index (κ2) is 12.0. The zero-order chi connectivity index (χ0) is 20.6. The van der Waals surface area contributed by atoms with Crippen LogP contribution in [0.5, 0.6) is 11.5 Å². The number of guanidine groups is 1. The molecule has 2 heterocycles. The number of aliphatic imine (C=N–C) groups is 1. The van der Waals surface area contributed by atoms with Gasteiger partial charge in [-0.3, -0.25) is 4.68 Å². The van der Waals surface area contributed by atoms with E-state index in [1.165, 1.54) is 0 Å². The molecule has 2 aromatic rings. The van der Waals surface area contributed by atoms with Gasteiger partial charge in [-0.2, -0.15) is 5.10 Å². The first-order valence-corrected chi connectivity index (χ1v) is 10.0. The van der Waals surface area contributed by atoms with Gasteiger partial charge in [-0.1, -0.05) is 6.07 Å². The molecule has 2 atom stereocenters. The Balaban J connectivity index is 0.00000320. The Bertz CT molecular complexity index is 813. The van der Waals surface area contributed by atoms with E-state index < -0.39 is 0 Å². The van der Waals surface area contributed by atoms with Crippen LogP contribution in [-0.2, 0) is 11.8 Å². The number of nitrogens with zero attached hydrogens (tertiary/aromatic N) is 4. The average molecular weight is 529 g/mol. The molecule has 1 aliphatic heterocycles. The van der Waals surface area contributed by atoms with Crippen LogP contribution >= 0.6 is 24.0 Å². The molecule has 0 saturated carbocycles. The number of aromatic nitrogens is 2. The van der Waals surface area contributed by atoms with Crippen LogP contribution in [0.4, 0.5) is 0 Å². The van der Waals surface area contributed by atoms with Gasteiger partial charge in [0.1, 0.15) is 23.7 Å². The van der Waals surface area contributed by atoms with E-state index in [1.807, 2.05) is 50.6 Å². The second-order valence-electron chi connectivity index (χ2n) is 7.05. The zero-order valence-corrected chi connectivity index (χ0v) is 20.4. The number of benzene rings is 1. The number of halogens is 1. The van der Waals surface area contributed by atoms with Crippen molar-refractivity contribution in [3.63, 3.8) is 0 Å². The molecular formula is C21H32IN5O3. The van der Waals surface area contributed by atoms with Gasteiger partial charge in [0.2, 0.25) is 0 Å². The van der Waals surface area contributed by atoms with Gasteiger partial charge in [-0.25, -0.2) is 4.99 Å². The van der Waals surface area contributed by atoms with Gasteiger partial charge in [0.05, 0.1) is 33.0 Å². The molecule has 2 unspecified atom stereocenters. The highest BCUT2D eigenvalue weighted by Gasteiger charge is 2.25. The van der Waals surface area contributed by atoms with E-state index in [-0.39, 0.29) is 36.2 Å². The van der Waals surface area contributed by atoms with Gasteiger partial charge in [-0.15, -0.1) is 24.0 Å². The Labute approximate surface area is 195 Å². The molecular weight excluding hydrogens is 497 g/mol. The maximum absolute atomic E-state index is 6.00.